The third kappa shape index (κ3) is 8.12. The van der Waals surface area contributed by atoms with Crippen molar-refractivity contribution in [3.8, 4) is 5.75 Å². The summed E-state index contributed by atoms with van der Waals surface area (Å²) in [4.78, 5) is 18.0. The van der Waals surface area contributed by atoms with Gasteiger partial charge in [0.25, 0.3) is 0 Å². The molecular formula is C20H33IN4O3. The van der Waals surface area contributed by atoms with Gasteiger partial charge in [0.1, 0.15) is 11.9 Å². The Morgan fingerprint density at radius 1 is 1.29 bits per heavy atom. The van der Waals surface area contributed by atoms with Crippen molar-refractivity contribution in [3.05, 3.63) is 29.8 Å². The van der Waals surface area contributed by atoms with Gasteiger partial charge in [0.2, 0.25) is 0 Å². The highest BCUT2D eigenvalue weighted by Crippen LogP contribution is 2.14. The quantitative estimate of drug-likeness (QED) is 0.354. The Kier molecular flexibility index (Phi) is 11.0. The summed E-state index contributed by atoms with van der Waals surface area (Å²) in [5.41, 5.74) is 1.21. The number of amides is 1. The summed E-state index contributed by atoms with van der Waals surface area (Å²) in [7, 11) is 1.42. The molecule has 28 heavy (non-hydrogen) atoms. The standard InChI is InChI=1S/C20H32N4O3.HI/c1-5-21-19(23-17-10-12-24(13-11-17)20(25)26-4)22-14-16(3)27-18-8-6-15(2)7-9-18;/h6-9,16-17H,5,10-14H2,1-4H3,(H2,21,22,23);1H. The number of guanidine groups is 1. The lowest BCUT2D eigenvalue weighted by atomic mass is 10.1. The maximum Gasteiger partial charge on any atom is 0.409 e. The predicted molar refractivity (Wildman–Crippen MR) is 123 cm³/mol. The zero-order valence-electron chi connectivity index (χ0n) is 17.2. The number of piperidine rings is 1. The largest absolute Gasteiger partial charge is 0.489 e. The van der Waals surface area contributed by atoms with Gasteiger partial charge in [-0.1, -0.05) is 17.7 Å². The maximum atomic E-state index is 11.6. The molecule has 8 heteroatoms. The SMILES string of the molecule is CCNC(=NCC(C)Oc1ccc(C)cc1)NC1CCN(C(=O)OC)CC1.I. The van der Waals surface area contributed by atoms with Crippen molar-refractivity contribution in [3.63, 3.8) is 0 Å². The second kappa shape index (κ2) is 12.7. The number of rotatable bonds is 6. The fourth-order valence-electron chi connectivity index (χ4n) is 2.96. The van der Waals surface area contributed by atoms with E-state index in [1.165, 1.54) is 12.7 Å². The highest BCUT2D eigenvalue weighted by molar-refractivity contribution is 14.0. The third-order valence-corrected chi connectivity index (χ3v) is 4.48. The molecule has 1 fully saturated rings. The van der Waals surface area contributed by atoms with Gasteiger partial charge in [-0.3, -0.25) is 0 Å². The molecule has 0 saturated carbocycles. The lowest BCUT2D eigenvalue weighted by Crippen LogP contribution is -2.50. The van der Waals surface area contributed by atoms with Gasteiger partial charge < -0.3 is 25.0 Å². The summed E-state index contributed by atoms with van der Waals surface area (Å²) in [5, 5.41) is 6.75. The van der Waals surface area contributed by atoms with E-state index in [2.05, 4.69) is 22.5 Å². The molecule has 1 saturated heterocycles. The van der Waals surface area contributed by atoms with Gasteiger partial charge in [0, 0.05) is 25.7 Å². The Morgan fingerprint density at radius 2 is 1.93 bits per heavy atom. The molecule has 1 aromatic rings. The number of hydrogen-bond donors (Lipinski definition) is 2. The first-order chi connectivity index (χ1) is 13.0. The molecule has 1 atom stereocenters. The summed E-state index contributed by atoms with van der Waals surface area (Å²) in [6.07, 6.45) is 1.46. The minimum absolute atomic E-state index is 0. The van der Waals surface area contributed by atoms with E-state index in [0.29, 0.717) is 19.6 Å². The number of nitrogens with one attached hydrogen (secondary N) is 2. The van der Waals surface area contributed by atoms with Crippen LogP contribution in [0.3, 0.4) is 0 Å². The average Bonchev–Trinajstić information content (AvgIpc) is 2.68. The first-order valence-electron chi connectivity index (χ1n) is 9.63. The normalized spacial score (nSPS) is 16.0. The second-order valence-corrected chi connectivity index (χ2v) is 6.84. The Labute approximate surface area is 185 Å². The lowest BCUT2D eigenvalue weighted by Gasteiger charge is -2.32. The third-order valence-electron chi connectivity index (χ3n) is 4.48. The van der Waals surface area contributed by atoms with Crippen molar-refractivity contribution in [2.24, 2.45) is 4.99 Å². The molecule has 0 bridgehead atoms. The highest BCUT2D eigenvalue weighted by Gasteiger charge is 2.23. The first-order valence-corrected chi connectivity index (χ1v) is 9.63. The molecule has 1 unspecified atom stereocenters. The summed E-state index contributed by atoms with van der Waals surface area (Å²) in [6.45, 7) is 8.85. The number of carbonyl (C=O) groups excluding carboxylic acids is 1. The Bertz CT molecular complexity index is 616. The Balaban J connectivity index is 0.00000392. The van der Waals surface area contributed by atoms with E-state index < -0.39 is 0 Å². The monoisotopic (exact) mass is 504 g/mol. The number of aliphatic imine (C=N–C) groups is 1. The van der Waals surface area contributed by atoms with Crippen LogP contribution in [0.4, 0.5) is 4.79 Å². The molecule has 2 N–H and O–H groups in total. The van der Waals surface area contributed by atoms with Crippen molar-refractivity contribution < 1.29 is 14.3 Å². The Hall–Kier alpha value is -1.71. The minimum atomic E-state index is -0.254. The maximum absolute atomic E-state index is 11.6. The van der Waals surface area contributed by atoms with Crippen LogP contribution in [0.5, 0.6) is 5.75 Å². The molecule has 0 spiro atoms. The smallest absolute Gasteiger partial charge is 0.409 e. The molecule has 1 aromatic carbocycles. The van der Waals surface area contributed by atoms with E-state index in [1.807, 2.05) is 38.1 Å². The van der Waals surface area contributed by atoms with Crippen LogP contribution in [-0.2, 0) is 4.74 Å². The van der Waals surface area contributed by atoms with Crippen molar-refractivity contribution in [2.45, 2.75) is 45.8 Å². The second-order valence-electron chi connectivity index (χ2n) is 6.84. The fraction of sp³-hybridized carbons (Fsp3) is 0.600. The molecule has 1 amide bonds. The number of hydrogen-bond acceptors (Lipinski definition) is 4. The van der Waals surface area contributed by atoms with E-state index in [0.717, 1.165) is 31.1 Å². The summed E-state index contributed by atoms with van der Waals surface area (Å²) >= 11 is 0. The van der Waals surface area contributed by atoms with Crippen LogP contribution in [-0.4, -0.2) is 62.4 Å². The minimum Gasteiger partial charge on any atom is -0.489 e. The van der Waals surface area contributed by atoms with Gasteiger partial charge in [-0.15, -0.1) is 24.0 Å². The molecule has 1 aliphatic rings. The number of likely N-dealkylation sites (tertiary alicyclic amines) is 1. The van der Waals surface area contributed by atoms with Crippen LogP contribution < -0.4 is 15.4 Å². The van der Waals surface area contributed by atoms with Gasteiger partial charge in [-0.25, -0.2) is 9.79 Å². The molecule has 0 aromatic heterocycles. The number of benzene rings is 1. The van der Waals surface area contributed by atoms with E-state index >= 15 is 0 Å². The highest BCUT2D eigenvalue weighted by atomic mass is 127. The number of carbonyl (C=O) groups is 1. The average molecular weight is 504 g/mol. The molecule has 158 valence electrons. The summed E-state index contributed by atoms with van der Waals surface area (Å²) < 4.78 is 10.7. The molecular weight excluding hydrogens is 471 g/mol. The number of ether oxygens (including phenoxy) is 2. The van der Waals surface area contributed by atoms with Crippen molar-refractivity contribution in [1.82, 2.24) is 15.5 Å². The fourth-order valence-corrected chi connectivity index (χ4v) is 2.96. The summed E-state index contributed by atoms with van der Waals surface area (Å²) in [5.74, 6) is 1.64. The van der Waals surface area contributed by atoms with Crippen molar-refractivity contribution in [1.29, 1.82) is 0 Å². The number of halogens is 1. The molecule has 0 aliphatic carbocycles. The molecule has 1 heterocycles. The van der Waals surface area contributed by atoms with Crippen LogP contribution >= 0.6 is 24.0 Å². The zero-order valence-corrected chi connectivity index (χ0v) is 19.6. The van der Waals surface area contributed by atoms with Gasteiger partial charge in [0.05, 0.1) is 13.7 Å². The van der Waals surface area contributed by atoms with Gasteiger partial charge in [-0.2, -0.15) is 0 Å². The van der Waals surface area contributed by atoms with E-state index in [-0.39, 0.29) is 42.2 Å². The zero-order chi connectivity index (χ0) is 19.6. The molecule has 1 aliphatic heterocycles. The van der Waals surface area contributed by atoms with Crippen LogP contribution in [0.2, 0.25) is 0 Å². The molecule has 0 radical (unpaired) electrons. The van der Waals surface area contributed by atoms with E-state index in [1.54, 1.807) is 4.90 Å². The first kappa shape index (κ1) is 24.3. The van der Waals surface area contributed by atoms with Crippen LogP contribution in [0.15, 0.2) is 29.3 Å². The molecule has 2 rings (SSSR count). The molecule has 7 nitrogen and oxygen atoms in total. The summed E-state index contributed by atoms with van der Waals surface area (Å²) in [6, 6.07) is 8.33. The van der Waals surface area contributed by atoms with E-state index in [4.69, 9.17) is 9.47 Å². The van der Waals surface area contributed by atoms with Gasteiger partial charge >= 0.3 is 6.09 Å². The predicted octanol–water partition coefficient (Wildman–Crippen LogP) is 3.17. The van der Waals surface area contributed by atoms with Gasteiger partial charge in [-0.05, 0) is 45.7 Å². The van der Waals surface area contributed by atoms with E-state index in [9.17, 15) is 4.79 Å². The number of nitrogens with zero attached hydrogens (tertiary/aromatic N) is 2. The topological polar surface area (TPSA) is 75.2 Å². The number of aryl methyl sites for hydroxylation is 1. The van der Waals surface area contributed by atoms with Crippen LogP contribution in [0.1, 0.15) is 32.3 Å². The van der Waals surface area contributed by atoms with Crippen molar-refractivity contribution >= 4 is 36.0 Å². The number of methoxy groups -OCH3 is 1. The van der Waals surface area contributed by atoms with Crippen LogP contribution in [0, 0.1) is 6.92 Å². The Morgan fingerprint density at radius 3 is 2.50 bits per heavy atom. The lowest BCUT2D eigenvalue weighted by molar-refractivity contribution is 0.111. The van der Waals surface area contributed by atoms with Crippen LogP contribution in [0.25, 0.3) is 0 Å². The van der Waals surface area contributed by atoms with Crippen molar-refractivity contribution in [2.75, 3.05) is 33.3 Å². The van der Waals surface area contributed by atoms with Gasteiger partial charge in [0.15, 0.2) is 5.96 Å².